The summed E-state index contributed by atoms with van der Waals surface area (Å²) in [7, 11) is 0. The van der Waals surface area contributed by atoms with Gasteiger partial charge in [0.25, 0.3) is 22.2 Å². The van der Waals surface area contributed by atoms with Crippen molar-refractivity contribution in [2.75, 3.05) is 0 Å². The lowest BCUT2D eigenvalue weighted by Crippen LogP contribution is -2.15. The third-order valence-electron chi connectivity index (χ3n) is 24.7. The number of hydrogen-bond donors (Lipinski definition) is 0. The fourth-order valence-corrected chi connectivity index (χ4v) is 22.1. The summed E-state index contributed by atoms with van der Waals surface area (Å²) in [5.74, 6) is 0. The first-order valence-electron chi connectivity index (χ1n) is 42.3. The van der Waals surface area contributed by atoms with Gasteiger partial charge in [-0.15, -0.1) is 0 Å². The van der Waals surface area contributed by atoms with Crippen LogP contribution in [0.25, 0.3) is 222 Å². The summed E-state index contributed by atoms with van der Waals surface area (Å²) in [5, 5.41) is 2.14. The van der Waals surface area contributed by atoms with Gasteiger partial charge in [0.15, 0.2) is 22.6 Å². The van der Waals surface area contributed by atoms with Crippen molar-refractivity contribution >= 4 is 162 Å². The lowest BCUT2D eigenvalue weighted by atomic mass is 9.86. The lowest BCUT2D eigenvalue weighted by molar-refractivity contribution is 1.07. The van der Waals surface area contributed by atoms with Crippen LogP contribution in [0.15, 0.2) is 423 Å². The minimum atomic E-state index is -0.154. The number of rotatable bonds is 14. The Labute approximate surface area is 803 Å². The highest BCUT2D eigenvalue weighted by atomic mass is 79.9. The molecule has 0 aliphatic carbocycles. The van der Waals surface area contributed by atoms with Gasteiger partial charge >= 0.3 is 0 Å². The lowest BCUT2D eigenvalue weighted by Gasteiger charge is -2.19. The van der Waals surface area contributed by atoms with E-state index in [4.69, 9.17) is 29.9 Å². The minimum Gasteiger partial charge on any atom is -0.268 e. The number of fused-ring (bicyclic) bond motifs is 8. The normalized spacial score (nSPS) is 11.7. The molecule has 626 valence electrons. The van der Waals surface area contributed by atoms with Crippen molar-refractivity contribution < 1.29 is 0 Å². The van der Waals surface area contributed by atoms with E-state index >= 15 is 0 Å². The molecule has 0 amide bonds. The number of para-hydroxylation sites is 4. The van der Waals surface area contributed by atoms with E-state index in [-0.39, 0.29) is 22.2 Å². The second kappa shape index (κ2) is 33.5. The number of hydrogen-bond acceptors (Lipinski definition) is 10. The highest BCUT2D eigenvalue weighted by Gasteiger charge is 2.26. The molecule has 132 heavy (non-hydrogen) atoms. The molecule has 0 aliphatic rings. The molecule has 23 aromatic rings. The fourth-order valence-electron chi connectivity index (χ4n) is 18.4. The summed E-state index contributed by atoms with van der Waals surface area (Å²) < 4.78 is 10.8. The van der Waals surface area contributed by atoms with Crippen molar-refractivity contribution in [3.05, 3.63) is 445 Å². The third kappa shape index (κ3) is 14.1. The van der Waals surface area contributed by atoms with Crippen molar-refractivity contribution in [2.45, 2.75) is 0 Å². The summed E-state index contributed by atoms with van der Waals surface area (Å²) in [5.41, 5.74) is 29.4. The summed E-state index contributed by atoms with van der Waals surface area (Å²) >= 11 is 24.1. The van der Waals surface area contributed by atoms with Gasteiger partial charge in [-0.3, -0.25) is 46.7 Å². The summed E-state index contributed by atoms with van der Waals surface area (Å²) in [6.07, 6.45) is 10.9. The van der Waals surface area contributed by atoms with Crippen LogP contribution in [0.2, 0.25) is 0 Å². The number of pyridine rings is 4. The van der Waals surface area contributed by atoms with Crippen LogP contribution in [0.4, 0.5) is 0 Å². The van der Waals surface area contributed by atoms with Gasteiger partial charge in [-0.05, 0) is 296 Å². The minimum absolute atomic E-state index is 0.154. The van der Waals surface area contributed by atoms with Crippen LogP contribution in [0.5, 0.6) is 0 Å². The molecule has 0 spiro atoms. The Balaban J connectivity index is 0.593. The molecule has 0 saturated carbocycles. The second-order valence-electron chi connectivity index (χ2n) is 32.2. The van der Waals surface area contributed by atoms with Gasteiger partial charge in [0, 0.05) is 67.1 Å². The van der Waals surface area contributed by atoms with Crippen molar-refractivity contribution in [2.24, 2.45) is 0 Å². The Morgan fingerprint density at radius 3 is 0.614 bits per heavy atom. The van der Waals surface area contributed by atoms with E-state index < -0.39 is 0 Å². The Morgan fingerprint density at radius 2 is 0.394 bits per heavy atom. The molecule has 0 fully saturated rings. The first-order chi connectivity index (χ1) is 64.6. The molecule has 0 N–H and O–H groups in total. The molecule has 9 aromatic heterocycles. The molecule has 0 radical (unpaired) electrons. The predicted octanol–water partition coefficient (Wildman–Crippen LogP) is 29.0. The standard InChI is InChI=1S/C112H62Br6N10O4/c113-93-59-63(41-43-83(93)77-27-7-1-21-71(77)65-53-67(73-23-3-9-29-79(73)85-45-49-125-105(101(85)115)121-95-37-17-13-33-89(95)109(125)129)57-68(54-65)74-24-4-10-30-80(74)86-46-50-126-106(102(86)116)122-96-38-18-14-34-90(96)110(126)130)99-61-120-100(62-119-99)64-42-44-84(94(114)60-64)78-28-8-2-22-72(78)66-55-69(75-25-5-11-31-81(75)87-47-51-127-107(103(87)117)123-97-39-19-15-35-91(97)111(127)131)58-70(56-66)76-26-6-12-32-82(76)88-48-52-128-108(104(88)118)124-98-40-20-16-36-92(98)112(128)132/h1-62H. The molecule has 9 heterocycles. The number of nitrogens with zero attached hydrogens (tertiary/aromatic N) is 10. The van der Waals surface area contributed by atoms with E-state index in [0.717, 1.165) is 154 Å². The third-order valence-corrected chi connectivity index (χ3v) is 29.2. The van der Waals surface area contributed by atoms with Crippen LogP contribution in [0.1, 0.15) is 0 Å². The Bertz CT molecular complexity index is 8230. The summed E-state index contributed by atoms with van der Waals surface area (Å²) in [6.45, 7) is 0. The zero-order valence-electron chi connectivity index (χ0n) is 69.2. The number of aromatic nitrogens is 10. The topological polar surface area (TPSA) is 163 Å². The average molecular weight is 2090 g/mol. The zero-order chi connectivity index (χ0) is 89.3. The van der Waals surface area contributed by atoms with E-state index in [9.17, 15) is 19.2 Å². The molecule has 14 aromatic carbocycles. The van der Waals surface area contributed by atoms with Crippen LogP contribution in [-0.2, 0) is 0 Å². The van der Waals surface area contributed by atoms with Crippen molar-refractivity contribution in [1.82, 2.24) is 47.5 Å². The fraction of sp³-hybridized carbons (Fsp3) is 0. The van der Waals surface area contributed by atoms with Crippen LogP contribution >= 0.6 is 95.6 Å². The Hall–Kier alpha value is -14.5. The maximum Gasteiger partial charge on any atom is 0.265 e. The van der Waals surface area contributed by atoms with Crippen LogP contribution in [0, 0.1) is 0 Å². The van der Waals surface area contributed by atoms with E-state index in [2.05, 4.69) is 290 Å². The maximum absolute atomic E-state index is 14.0. The van der Waals surface area contributed by atoms with E-state index in [1.165, 1.54) is 0 Å². The summed E-state index contributed by atoms with van der Waals surface area (Å²) in [4.78, 5) is 86.4. The molecule has 0 bridgehead atoms. The van der Waals surface area contributed by atoms with Gasteiger partial charge in [0.05, 0.1) is 85.3 Å². The zero-order valence-corrected chi connectivity index (χ0v) is 78.7. The largest absolute Gasteiger partial charge is 0.268 e. The monoisotopic (exact) mass is 2080 g/mol. The Morgan fingerprint density at radius 1 is 0.189 bits per heavy atom. The van der Waals surface area contributed by atoms with Crippen LogP contribution < -0.4 is 22.2 Å². The first kappa shape index (κ1) is 82.0. The SMILES string of the molecule is O=c1c2ccccc2nc2c(Br)c(-c3ccccc3-c3cc(-c4ccccc4-c4ccc(-c5cnc(-c6ccc(-c7ccccc7-c7cc(-c8ccccc8-c8ccn9c(=O)c%10ccccc%10nc9c8Br)cc(-c8ccccc8-c8ccn9c(=O)c%10ccccc%10nc9c8Br)c7)c(Br)c6)cn5)cc4Br)cc(-c4ccccc4-c4ccn5c(=O)c6ccccc6nc5c4Br)c3)ccn12. The molecular weight excluding hydrogens is 2030 g/mol. The molecule has 23 rings (SSSR count). The highest BCUT2D eigenvalue weighted by Crippen LogP contribution is 2.50. The van der Waals surface area contributed by atoms with E-state index in [1.807, 2.05) is 134 Å². The number of benzene rings is 14. The number of halogens is 6. The molecule has 0 atom stereocenters. The Kier molecular flexibility index (Phi) is 20.8. The predicted molar refractivity (Wildman–Crippen MR) is 554 cm³/mol. The van der Waals surface area contributed by atoms with Gasteiger partial charge < -0.3 is 0 Å². The van der Waals surface area contributed by atoms with Crippen LogP contribution in [-0.4, -0.2) is 47.5 Å². The van der Waals surface area contributed by atoms with Crippen molar-refractivity contribution in [3.63, 3.8) is 0 Å². The average Bonchev–Trinajstić information content (AvgIpc) is 0.759. The highest BCUT2D eigenvalue weighted by molar-refractivity contribution is 9.11. The first-order valence-corrected chi connectivity index (χ1v) is 47.1. The molecule has 0 unspecified atom stereocenters. The van der Waals surface area contributed by atoms with Gasteiger partial charge in [0.1, 0.15) is 0 Å². The molecule has 14 nitrogen and oxygen atoms in total. The van der Waals surface area contributed by atoms with Crippen LogP contribution in [0.3, 0.4) is 0 Å². The maximum atomic E-state index is 14.0. The smallest absolute Gasteiger partial charge is 0.265 e. The van der Waals surface area contributed by atoms with E-state index in [1.54, 1.807) is 66.7 Å². The molecule has 20 heteroatoms. The van der Waals surface area contributed by atoms with Crippen molar-refractivity contribution in [1.29, 1.82) is 0 Å². The second-order valence-corrected chi connectivity index (χ2v) is 37.1. The van der Waals surface area contributed by atoms with E-state index in [0.29, 0.717) is 95.5 Å². The van der Waals surface area contributed by atoms with Gasteiger partial charge in [-0.25, -0.2) is 19.9 Å². The molecule has 0 aliphatic heterocycles. The van der Waals surface area contributed by atoms with Gasteiger partial charge in [0.2, 0.25) is 0 Å². The van der Waals surface area contributed by atoms with Crippen molar-refractivity contribution in [3.8, 4) is 156 Å². The molecular formula is C112H62Br6N10O4. The quantitative estimate of drug-likeness (QED) is 0.0958. The van der Waals surface area contributed by atoms with Gasteiger partial charge in [-0.1, -0.05) is 250 Å². The molecule has 0 saturated heterocycles. The summed E-state index contributed by atoms with van der Waals surface area (Å²) in [6, 6.07) is 114. The van der Waals surface area contributed by atoms with Gasteiger partial charge in [-0.2, -0.15) is 0 Å².